The van der Waals surface area contributed by atoms with E-state index < -0.39 is 0 Å². The number of carbonyl (C=O) groups is 1. The smallest absolute Gasteiger partial charge is 0.311 e. The number of aryl methyl sites for hydroxylation is 1. The average molecular weight is 243 g/mol. The molecule has 16 heavy (non-hydrogen) atoms. The van der Waals surface area contributed by atoms with E-state index in [2.05, 4.69) is 15.0 Å². The van der Waals surface area contributed by atoms with Gasteiger partial charge in [0.25, 0.3) is 0 Å². The number of esters is 1. The highest BCUT2D eigenvalue weighted by molar-refractivity contribution is 5.85. The molecule has 1 aliphatic rings. The van der Waals surface area contributed by atoms with Crippen molar-refractivity contribution in [2.75, 3.05) is 19.0 Å². The molecule has 1 N–H and O–H groups in total. The first-order chi connectivity index (χ1) is 7.29. The van der Waals surface area contributed by atoms with Gasteiger partial charge in [0.1, 0.15) is 5.82 Å². The average Bonchev–Trinajstić information content (AvgIpc) is 2.29. The number of hydrogen-bond donors (Lipinski definition) is 1. The fourth-order valence-corrected chi connectivity index (χ4v) is 1.69. The second-order valence-corrected chi connectivity index (χ2v) is 3.59. The molecule has 1 aromatic heterocycles. The first kappa shape index (κ1) is 12.8. The van der Waals surface area contributed by atoms with Gasteiger partial charge in [0.15, 0.2) is 0 Å². The number of pyridine rings is 1. The number of ether oxygens (including phenoxy) is 1. The normalized spacial score (nSPS) is 13.1. The summed E-state index contributed by atoms with van der Waals surface area (Å²) in [5.41, 5.74) is 1.99. The molecule has 1 aliphatic heterocycles. The van der Waals surface area contributed by atoms with Crippen LogP contribution in [0.1, 0.15) is 17.7 Å². The number of methoxy groups -OCH3 is 1. The molecule has 0 unspecified atom stereocenters. The molecule has 2 heterocycles. The summed E-state index contributed by atoms with van der Waals surface area (Å²) in [7, 11) is 1.39. The third-order valence-corrected chi connectivity index (χ3v) is 2.50. The summed E-state index contributed by atoms with van der Waals surface area (Å²) in [5, 5.41) is 3.23. The van der Waals surface area contributed by atoms with Gasteiger partial charge in [-0.15, -0.1) is 12.4 Å². The van der Waals surface area contributed by atoms with E-state index in [9.17, 15) is 4.79 Å². The van der Waals surface area contributed by atoms with Gasteiger partial charge >= 0.3 is 5.97 Å². The number of anilines is 1. The Bertz CT molecular complexity index is 382. The fourth-order valence-electron chi connectivity index (χ4n) is 1.69. The van der Waals surface area contributed by atoms with Crippen LogP contribution >= 0.6 is 12.4 Å². The Kier molecular flexibility index (Phi) is 4.55. The second-order valence-electron chi connectivity index (χ2n) is 3.59. The first-order valence-electron chi connectivity index (χ1n) is 5.09. The number of rotatable bonds is 2. The van der Waals surface area contributed by atoms with E-state index in [-0.39, 0.29) is 24.8 Å². The zero-order valence-electron chi connectivity index (χ0n) is 9.16. The maximum Gasteiger partial charge on any atom is 0.311 e. The Morgan fingerprint density at radius 2 is 2.38 bits per heavy atom. The molecule has 0 fully saturated rings. The molecule has 88 valence electrons. The van der Waals surface area contributed by atoms with Gasteiger partial charge < -0.3 is 10.1 Å². The number of nitrogens with zero attached hydrogens (tertiary/aromatic N) is 1. The number of nitrogens with one attached hydrogen (secondary N) is 1. The summed E-state index contributed by atoms with van der Waals surface area (Å²) >= 11 is 0. The molecule has 0 aromatic carbocycles. The Balaban J connectivity index is 0.00000128. The summed E-state index contributed by atoms with van der Waals surface area (Å²) in [6, 6.07) is 3.93. The zero-order chi connectivity index (χ0) is 10.7. The molecule has 0 amide bonds. The van der Waals surface area contributed by atoms with Crippen LogP contribution in [0, 0.1) is 0 Å². The van der Waals surface area contributed by atoms with E-state index >= 15 is 0 Å². The van der Waals surface area contributed by atoms with Gasteiger partial charge in [-0.2, -0.15) is 0 Å². The second kappa shape index (κ2) is 5.70. The highest BCUT2D eigenvalue weighted by Crippen LogP contribution is 2.19. The molecule has 0 bridgehead atoms. The number of aromatic nitrogens is 1. The summed E-state index contributed by atoms with van der Waals surface area (Å²) < 4.78 is 4.60. The quantitative estimate of drug-likeness (QED) is 0.800. The third kappa shape index (κ3) is 2.85. The van der Waals surface area contributed by atoms with Gasteiger partial charge in [-0.1, -0.05) is 6.07 Å². The predicted octanol–water partition coefficient (Wildman–Crippen LogP) is 1.58. The Hall–Kier alpha value is -1.29. The van der Waals surface area contributed by atoms with Crippen molar-refractivity contribution in [3.05, 3.63) is 23.4 Å². The van der Waals surface area contributed by atoms with Crippen molar-refractivity contribution in [1.82, 2.24) is 4.98 Å². The number of carbonyl (C=O) groups excluding carboxylic acids is 1. The van der Waals surface area contributed by atoms with Crippen LogP contribution in [0.5, 0.6) is 0 Å². The van der Waals surface area contributed by atoms with Gasteiger partial charge in [-0.25, -0.2) is 4.98 Å². The van der Waals surface area contributed by atoms with E-state index in [1.807, 2.05) is 12.1 Å². The lowest BCUT2D eigenvalue weighted by Crippen LogP contribution is -2.15. The first-order valence-corrected chi connectivity index (χ1v) is 5.09. The van der Waals surface area contributed by atoms with Crippen molar-refractivity contribution in [3.63, 3.8) is 0 Å². The van der Waals surface area contributed by atoms with Crippen LogP contribution < -0.4 is 5.32 Å². The highest BCUT2D eigenvalue weighted by atomic mass is 35.5. The SMILES string of the molecule is COC(=O)Cc1ccc2c(n1)NCCC2.Cl. The van der Waals surface area contributed by atoms with Gasteiger partial charge in [-0.05, 0) is 24.5 Å². The third-order valence-electron chi connectivity index (χ3n) is 2.50. The molecule has 0 spiro atoms. The summed E-state index contributed by atoms with van der Waals surface area (Å²) in [6.07, 6.45) is 2.45. The summed E-state index contributed by atoms with van der Waals surface area (Å²) in [6.45, 7) is 0.960. The number of hydrogen-bond acceptors (Lipinski definition) is 4. The van der Waals surface area contributed by atoms with Crippen molar-refractivity contribution in [3.8, 4) is 0 Å². The highest BCUT2D eigenvalue weighted by Gasteiger charge is 2.11. The van der Waals surface area contributed by atoms with Crippen LogP contribution in [0.15, 0.2) is 12.1 Å². The molecule has 2 rings (SSSR count). The van der Waals surface area contributed by atoms with Gasteiger partial charge in [0.05, 0.1) is 19.2 Å². The molecule has 5 heteroatoms. The van der Waals surface area contributed by atoms with Gasteiger partial charge in [0.2, 0.25) is 0 Å². The Morgan fingerprint density at radius 3 is 3.12 bits per heavy atom. The minimum absolute atomic E-state index is 0. The molecule has 1 aromatic rings. The van der Waals surface area contributed by atoms with Crippen LogP contribution in [-0.2, 0) is 22.4 Å². The van der Waals surface area contributed by atoms with Crippen LogP contribution in [0.25, 0.3) is 0 Å². The van der Waals surface area contributed by atoms with Gasteiger partial charge in [-0.3, -0.25) is 4.79 Å². The number of halogens is 1. The van der Waals surface area contributed by atoms with Crippen LogP contribution in [0.3, 0.4) is 0 Å². The van der Waals surface area contributed by atoms with E-state index in [0.29, 0.717) is 0 Å². The Morgan fingerprint density at radius 1 is 1.56 bits per heavy atom. The van der Waals surface area contributed by atoms with Crippen molar-refractivity contribution >= 4 is 24.2 Å². The Labute approximate surface area is 101 Å². The largest absolute Gasteiger partial charge is 0.469 e. The lowest BCUT2D eigenvalue weighted by Gasteiger charge is -2.17. The van der Waals surface area contributed by atoms with E-state index in [1.54, 1.807) is 0 Å². The number of fused-ring (bicyclic) bond motifs is 1. The van der Waals surface area contributed by atoms with Crippen molar-refractivity contribution in [2.24, 2.45) is 0 Å². The monoisotopic (exact) mass is 242 g/mol. The molecule has 0 saturated carbocycles. The molecule has 0 atom stereocenters. The molecule has 0 radical (unpaired) electrons. The van der Waals surface area contributed by atoms with E-state index in [4.69, 9.17) is 0 Å². The van der Waals surface area contributed by atoms with Crippen molar-refractivity contribution < 1.29 is 9.53 Å². The summed E-state index contributed by atoms with van der Waals surface area (Å²) in [4.78, 5) is 15.5. The zero-order valence-corrected chi connectivity index (χ0v) is 9.97. The molecule has 4 nitrogen and oxygen atoms in total. The van der Waals surface area contributed by atoms with E-state index in [1.165, 1.54) is 12.7 Å². The predicted molar refractivity (Wildman–Crippen MR) is 64.0 cm³/mol. The van der Waals surface area contributed by atoms with Crippen molar-refractivity contribution in [2.45, 2.75) is 19.3 Å². The lowest BCUT2D eigenvalue weighted by atomic mass is 10.1. The molecule has 0 saturated heterocycles. The maximum atomic E-state index is 11.1. The molecular weight excluding hydrogens is 228 g/mol. The van der Waals surface area contributed by atoms with Crippen LogP contribution in [0.2, 0.25) is 0 Å². The van der Waals surface area contributed by atoms with E-state index in [0.717, 1.165) is 30.9 Å². The maximum absolute atomic E-state index is 11.1. The van der Waals surface area contributed by atoms with Crippen molar-refractivity contribution in [1.29, 1.82) is 0 Å². The minimum atomic E-state index is -0.252. The summed E-state index contributed by atoms with van der Waals surface area (Å²) in [5.74, 6) is 0.668. The van der Waals surface area contributed by atoms with Crippen LogP contribution in [0.4, 0.5) is 5.82 Å². The van der Waals surface area contributed by atoms with Gasteiger partial charge in [0, 0.05) is 6.54 Å². The fraction of sp³-hybridized carbons (Fsp3) is 0.455. The topological polar surface area (TPSA) is 51.2 Å². The standard InChI is InChI=1S/C11H14N2O2.ClH/c1-15-10(14)7-9-5-4-8-3-2-6-12-11(8)13-9;/h4-5H,2-3,6-7H2,1H3,(H,12,13);1H. The van der Waals surface area contributed by atoms with Crippen LogP contribution in [-0.4, -0.2) is 24.6 Å². The lowest BCUT2D eigenvalue weighted by molar-refractivity contribution is -0.139. The minimum Gasteiger partial charge on any atom is -0.469 e. The molecule has 0 aliphatic carbocycles. The molecular formula is C11H15ClN2O2.